The van der Waals surface area contributed by atoms with Gasteiger partial charge in [-0.3, -0.25) is 14.3 Å². The first-order valence-electron chi connectivity index (χ1n) is 9.42. The highest BCUT2D eigenvalue weighted by Crippen LogP contribution is 2.23. The van der Waals surface area contributed by atoms with Gasteiger partial charge in [-0.15, -0.1) is 0 Å². The minimum Gasteiger partial charge on any atom is -0.342 e. The zero-order chi connectivity index (χ0) is 19.6. The van der Waals surface area contributed by atoms with Gasteiger partial charge in [0.1, 0.15) is 0 Å². The molecule has 6 heteroatoms. The lowest BCUT2D eigenvalue weighted by molar-refractivity contribution is -0.130. The number of aryl methyl sites for hydroxylation is 2. The molecule has 5 nitrogen and oxygen atoms in total. The number of rotatable bonds is 6. The van der Waals surface area contributed by atoms with Crippen molar-refractivity contribution in [3.05, 3.63) is 51.8 Å². The van der Waals surface area contributed by atoms with Crippen molar-refractivity contribution >= 4 is 23.3 Å². The fraction of sp³-hybridized carbons (Fsp3) is 0.476. The summed E-state index contributed by atoms with van der Waals surface area (Å²) < 4.78 is 1.78. The number of Topliss-reactive ketones (excluding diaryl/α,β-unsaturated/α-hetero) is 1. The van der Waals surface area contributed by atoms with E-state index in [0.717, 1.165) is 42.3 Å². The topological polar surface area (TPSA) is 55.2 Å². The molecule has 1 fully saturated rings. The molecule has 0 saturated carbocycles. The van der Waals surface area contributed by atoms with Crippen LogP contribution in [0.1, 0.15) is 47.1 Å². The van der Waals surface area contributed by atoms with E-state index >= 15 is 0 Å². The molecular formula is C21H26ClN3O2. The normalized spacial score (nSPS) is 16.7. The van der Waals surface area contributed by atoms with Gasteiger partial charge in [-0.05, 0) is 57.2 Å². The number of ketones is 1. The fourth-order valence-corrected chi connectivity index (χ4v) is 4.09. The zero-order valence-electron chi connectivity index (χ0n) is 16.2. The van der Waals surface area contributed by atoms with E-state index in [1.54, 1.807) is 11.6 Å². The number of hydrogen-bond donors (Lipinski definition) is 0. The first-order chi connectivity index (χ1) is 12.8. The van der Waals surface area contributed by atoms with Gasteiger partial charge in [0.2, 0.25) is 5.91 Å². The predicted molar refractivity (Wildman–Crippen MR) is 106 cm³/mol. The van der Waals surface area contributed by atoms with Crippen molar-refractivity contribution in [1.82, 2.24) is 14.7 Å². The van der Waals surface area contributed by atoms with Crippen molar-refractivity contribution in [3.8, 4) is 0 Å². The Labute approximate surface area is 165 Å². The summed E-state index contributed by atoms with van der Waals surface area (Å²) in [6.07, 6.45) is 2.41. The van der Waals surface area contributed by atoms with Gasteiger partial charge in [0.15, 0.2) is 5.78 Å². The van der Waals surface area contributed by atoms with Crippen LogP contribution in [-0.4, -0.2) is 39.5 Å². The second-order valence-corrected chi connectivity index (χ2v) is 7.84. The fourth-order valence-electron chi connectivity index (χ4n) is 3.96. The molecule has 1 unspecified atom stereocenters. The molecule has 0 radical (unpaired) electrons. The molecule has 1 aromatic heterocycles. The largest absolute Gasteiger partial charge is 0.342 e. The maximum Gasteiger partial charge on any atom is 0.224 e. The van der Waals surface area contributed by atoms with Crippen LogP contribution in [0.2, 0.25) is 5.02 Å². The Kier molecular flexibility index (Phi) is 6.00. The number of halogens is 1. The quantitative estimate of drug-likeness (QED) is 0.707. The minimum atomic E-state index is 0.0205. The Bertz CT molecular complexity index is 842. The van der Waals surface area contributed by atoms with Crippen LogP contribution in [0.25, 0.3) is 0 Å². The Hall–Kier alpha value is -2.14. The van der Waals surface area contributed by atoms with Crippen molar-refractivity contribution in [2.75, 3.05) is 13.1 Å². The van der Waals surface area contributed by atoms with Crippen LogP contribution in [0.4, 0.5) is 0 Å². The summed E-state index contributed by atoms with van der Waals surface area (Å²) in [5.74, 6) is 0.672. The summed E-state index contributed by atoms with van der Waals surface area (Å²) in [6.45, 7) is 7.40. The lowest BCUT2D eigenvalue weighted by Crippen LogP contribution is -2.29. The third kappa shape index (κ3) is 4.59. The van der Waals surface area contributed by atoms with Gasteiger partial charge in [0, 0.05) is 36.8 Å². The molecule has 3 rings (SSSR count). The first kappa shape index (κ1) is 19.6. The third-order valence-electron chi connectivity index (χ3n) is 5.35. The van der Waals surface area contributed by atoms with Crippen LogP contribution >= 0.6 is 11.6 Å². The van der Waals surface area contributed by atoms with Gasteiger partial charge in [0.25, 0.3) is 0 Å². The second kappa shape index (κ2) is 8.26. The van der Waals surface area contributed by atoms with E-state index in [9.17, 15) is 9.59 Å². The average Bonchev–Trinajstić information content (AvgIpc) is 3.19. The molecule has 0 bridgehead atoms. The Morgan fingerprint density at radius 1 is 1.22 bits per heavy atom. The number of hydrogen-bond acceptors (Lipinski definition) is 3. The molecule has 1 aromatic carbocycles. The Morgan fingerprint density at radius 3 is 2.56 bits per heavy atom. The molecule has 1 aliphatic heterocycles. The van der Waals surface area contributed by atoms with E-state index in [1.807, 2.05) is 30.9 Å². The minimum absolute atomic E-state index is 0.0205. The highest BCUT2D eigenvalue weighted by atomic mass is 35.5. The maximum absolute atomic E-state index is 12.6. The summed E-state index contributed by atoms with van der Waals surface area (Å²) in [7, 11) is 0. The predicted octanol–water partition coefficient (Wildman–Crippen LogP) is 3.84. The molecule has 1 saturated heterocycles. The van der Waals surface area contributed by atoms with Crippen LogP contribution < -0.4 is 0 Å². The number of amides is 1. The molecule has 1 aliphatic rings. The molecule has 0 spiro atoms. The van der Waals surface area contributed by atoms with Gasteiger partial charge in [-0.1, -0.05) is 23.7 Å². The average molecular weight is 388 g/mol. The van der Waals surface area contributed by atoms with E-state index in [2.05, 4.69) is 17.2 Å². The molecule has 144 valence electrons. The van der Waals surface area contributed by atoms with E-state index in [0.29, 0.717) is 24.4 Å². The van der Waals surface area contributed by atoms with Crippen LogP contribution in [0.3, 0.4) is 0 Å². The highest BCUT2D eigenvalue weighted by molar-refractivity contribution is 6.30. The van der Waals surface area contributed by atoms with Crippen LogP contribution in [0, 0.1) is 19.8 Å². The van der Waals surface area contributed by atoms with Gasteiger partial charge in [0.05, 0.1) is 11.3 Å². The summed E-state index contributed by atoms with van der Waals surface area (Å²) in [5, 5.41) is 5.17. The summed E-state index contributed by atoms with van der Waals surface area (Å²) in [6, 6.07) is 7.95. The number of carbonyl (C=O) groups excluding carboxylic acids is 2. The summed E-state index contributed by atoms with van der Waals surface area (Å²) in [4.78, 5) is 26.3. The molecular weight excluding hydrogens is 362 g/mol. The smallest absolute Gasteiger partial charge is 0.224 e. The maximum atomic E-state index is 12.6. The number of aromatic nitrogens is 2. The Morgan fingerprint density at radius 2 is 1.93 bits per heavy atom. The monoisotopic (exact) mass is 387 g/mol. The molecule has 2 aromatic rings. The molecule has 1 atom stereocenters. The third-order valence-corrected chi connectivity index (χ3v) is 5.60. The van der Waals surface area contributed by atoms with Crippen molar-refractivity contribution < 1.29 is 9.59 Å². The number of benzene rings is 1. The van der Waals surface area contributed by atoms with Crippen molar-refractivity contribution in [1.29, 1.82) is 0 Å². The van der Waals surface area contributed by atoms with Crippen LogP contribution in [0.5, 0.6) is 0 Å². The van der Waals surface area contributed by atoms with E-state index in [4.69, 9.17) is 11.6 Å². The lowest BCUT2D eigenvalue weighted by atomic mass is 9.99. The Balaban J connectivity index is 1.53. The lowest BCUT2D eigenvalue weighted by Gasteiger charge is -2.17. The number of nitrogens with zero attached hydrogens (tertiary/aromatic N) is 3. The highest BCUT2D eigenvalue weighted by Gasteiger charge is 2.26. The molecule has 1 amide bonds. The SMILES string of the molecule is CC(=O)c1c(C)nn(CCC(=O)N2CCC(Cc3ccc(Cl)cc3)C2)c1C. The molecule has 27 heavy (non-hydrogen) atoms. The molecule has 0 aliphatic carbocycles. The van der Waals surface area contributed by atoms with Gasteiger partial charge in [-0.25, -0.2) is 0 Å². The van der Waals surface area contributed by atoms with Crippen LogP contribution in [0.15, 0.2) is 24.3 Å². The van der Waals surface area contributed by atoms with Crippen LogP contribution in [-0.2, 0) is 17.8 Å². The van der Waals surface area contributed by atoms with E-state index in [1.165, 1.54) is 5.56 Å². The van der Waals surface area contributed by atoms with Gasteiger partial charge in [-0.2, -0.15) is 5.10 Å². The van der Waals surface area contributed by atoms with Gasteiger partial charge >= 0.3 is 0 Å². The van der Waals surface area contributed by atoms with E-state index < -0.39 is 0 Å². The van der Waals surface area contributed by atoms with Gasteiger partial charge < -0.3 is 4.90 Å². The second-order valence-electron chi connectivity index (χ2n) is 7.40. The van der Waals surface area contributed by atoms with Crippen molar-refractivity contribution in [2.45, 2.75) is 46.6 Å². The molecule has 0 N–H and O–H groups in total. The van der Waals surface area contributed by atoms with E-state index in [-0.39, 0.29) is 11.7 Å². The van der Waals surface area contributed by atoms with Crippen molar-refractivity contribution in [3.63, 3.8) is 0 Å². The standard InChI is InChI=1S/C21H26ClN3O2/c1-14-21(16(3)26)15(2)25(23-14)11-9-20(27)24-10-8-18(13-24)12-17-4-6-19(22)7-5-17/h4-7,18H,8-13H2,1-3H3. The zero-order valence-corrected chi connectivity index (χ0v) is 16.9. The van der Waals surface area contributed by atoms with Crippen molar-refractivity contribution in [2.24, 2.45) is 5.92 Å². The summed E-state index contributed by atoms with van der Waals surface area (Å²) in [5.41, 5.74) is 3.51. The first-order valence-corrected chi connectivity index (χ1v) is 9.80. The summed E-state index contributed by atoms with van der Waals surface area (Å²) >= 11 is 5.94. The number of likely N-dealkylation sites (tertiary alicyclic amines) is 1. The number of carbonyl (C=O) groups is 2. The molecule has 2 heterocycles.